The summed E-state index contributed by atoms with van der Waals surface area (Å²) in [4.78, 5) is 54.6. The third-order valence-corrected chi connectivity index (χ3v) is 6.52. The first-order valence-electron chi connectivity index (χ1n) is 12.5. The van der Waals surface area contributed by atoms with Crippen LogP contribution in [0.3, 0.4) is 0 Å². The Labute approximate surface area is 212 Å². The number of imide groups is 1. The van der Waals surface area contributed by atoms with Gasteiger partial charge >= 0.3 is 0 Å². The number of hydrogen-bond donors (Lipinski definition) is 1. The number of hydrogen-bond acceptors (Lipinski definition) is 5. The Bertz CT molecular complexity index is 1080. The standard InChI is InChI=1S/C28H35N3O5/c1-5-19(3)29-26(33)24(6-2)31(18-20-11-9-12-21(17-20)36-4)25(32)15-10-16-30-27(34)22-13-7-8-14-23(22)28(30)35/h7-9,11-14,17,19,24H,5-6,10,15-16,18H2,1-4H3,(H,29,33)/t19-,24-/m1/s1. The van der Waals surface area contributed by atoms with Gasteiger partial charge in [-0.3, -0.25) is 24.1 Å². The number of carbonyl (C=O) groups is 4. The minimum absolute atomic E-state index is 0.00542. The number of rotatable bonds is 12. The molecule has 0 aromatic heterocycles. The molecular weight excluding hydrogens is 458 g/mol. The van der Waals surface area contributed by atoms with Crippen LogP contribution in [0.2, 0.25) is 0 Å². The molecule has 8 nitrogen and oxygen atoms in total. The monoisotopic (exact) mass is 493 g/mol. The van der Waals surface area contributed by atoms with Gasteiger partial charge in [0, 0.05) is 25.6 Å². The third kappa shape index (κ3) is 6.11. The highest BCUT2D eigenvalue weighted by Gasteiger charge is 2.35. The van der Waals surface area contributed by atoms with Crippen molar-refractivity contribution in [2.45, 2.75) is 65.1 Å². The van der Waals surface area contributed by atoms with Crippen molar-refractivity contribution in [3.05, 3.63) is 65.2 Å². The lowest BCUT2D eigenvalue weighted by Gasteiger charge is -2.31. The molecule has 1 heterocycles. The van der Waals surface area contributed by atoms with Gasteiger partial charge in [0.15, 0.2) is 0 Å². The predicted molar refractivity (Wildman–Crippen MR) is 137 cm³/mol. The molecule has 2 aromatic carbocycles. The van der Waals surface area contributed by atoms with Gasteiger partial charge < -0.3 is 15.0 Å². The second kappa shape index (κ2) is 12.3. The van der Waals surface area contributed by atoms with Crippen molar-refractivity contribution >= 4 is 23.6 Å². The molecule has 0 spiro atoms. The Morgan fingerprint density at radius 1 is 1.00 bits per heavy atom. The summed E-state index contributed by atoms with van der Waals surface area (Å²) < 4.78 is 5.31. The fourth-order valence-corrected chi connectivity index (χ4v) is 4.30. The summed E-state index contributed by atoms with van der Waals surface area (Å²) in [6, 6.07) is 13.5. The van der Waals surface area contributed by atoms with Gasteiger partial charge in [-0.2, -0.15) is 0 Å². The van der Waals surface area contributed by atoms with E-state index in [0.717, 1.165) is 12.0 Å². The molecule has 0 fully saturated rings. The molecule has 2 atom stereocenters. The van der Waals surface area contributed by atoms with Gasteiger partial charge in [0.1, 0.15) is 11.8 Å². The molecule has 0 radical (unpaired) electrons. The van der Waals surface area contributed by atoms with E-state index in [1.807, 2.05) is 45.0 Å². The van der Waals surface area contributed by atoms with Crippen LogP contribution in [0.1, 0.15) is 72.7 Å². The van der Waals surface area contributed by atoms with Crippen molar-refractivity contribution < 1.29 is 23.9 Å². The van der Waals surface area contributed by atoms with Crippen LogP contribution in [-0.2, 0) is 16.1 Å². The number of methoxy groups -OCH3 is 1. The molecule has 4 amide bonds. The van der Waals surface area contributed by atoms with Crippen molar-refractivity contribution in [1.82, 2.24) is 15.1 Å². The first-order chi connectivity index (χ1) is 17.3. The van der Waals surface area contributed by atoms with Crippen molar-refractivity contribution in [3.63, 3.8) is 0 Å². The van der Waals surface area contributed by atoms with Crippen LogP contribution >= 0.6 is 0 Å². The number of amides is 4. The summed E-state index contributed by atoms with van der Waals surface area (Å²) in [6.45, 7) is 6.19. The zero-order chi connectivity index (χ0) is 26.2. The minimum Gasteiger partial charge on any atom is -0.497 e. The Balaban J connectivity index is 1.73. The fourth-order valence-electron chi connectivity index (χ4n) is 4.30. The first-order valence-corrected chi connectivity index (χ1v) is 12.5. The average Bonchev–Trinajstić information content (AvgIpc) is 3.13. The molecule has 0 bridgehead atoms. The fraction of sp³-hybridized carbons (Fsp3) is 0.429. The van der Waals surface area contributed by atoms with Crippen LogP contribution in [0.4, 0.5) is 0 Å². The lowest BCUT2D eigenvalue weighted by atomic mass is 10.1. The van der Waals surface area contributed by atoms with Gasteiger partial charge in [-0.15, -0.1) is 0 Å². The predicted octanol–water partition coefficient (Wildman–Crippen LogP) is 3.79. The second-order valence-electron chi connectivity index (χ2n) is 9.03. The van der Waals surface area contributed by atoms with E-state index >= 15 is 0 Å². The number of ether oxygens (including phenoxy) is 1. The zero-order valence-corrected chi connectivity index (χ0v) is 21.5. The van der Waals surface area contributed by atoms with Crippen molar-refractivity contribution in [3.8, 4) is 5.75 Å². The molecule has 1 aliphatic rings. The maximum absolute atomic E-state index is 13.4. The number of nitrogens with zero attached hydrogens (tertiary/aromatic N) is 2. The van der Waals surface area contributed by atoms with E-state index in [1.54, 1.807) is 36.3 Å². The Morgan fingerprint density at radius 3 is 2.25 bits per heavy atom. The van der Waals surface area contributed by atoms with Gasteiger partial charge in [-0.1, -0.05) is 38.1 Å². The van der Waals surface area contributed by atoms with E-state index in [9.17, 15) is 19.2 Å². The molecule has 2 aromatic rings. The molecular formula is C28H35N3O5. The SMILES string of the molecule is CC[C@@H](C)NC(=O)[C@@H](CC)N(Cc1cccc(OC)c1)C(=O)CCCN1C(=O)c2ccccc2C1=O. The summed E-state index contributed by atoms with van der Waals surface area (Å²) in [6.07, 6.45) is 1.65. The molecule has 192 valence electrons. The highest BCUT2D eigenvalue weighted by atomic mass is 16.5. The van der Waals surface area contributed by atoms with Gasteiger partial charge in [0.2, 0.25) is 11.8 Å². The normalized spacial score (nSPS) is 14.3. The molecule has 0 aliphatic carbocycles. The molecule has 36 heavy (non-hydrogen) atoms. The van der Waals surface area contributed by atoms with E-state index < -0.39 is 6.04 Å². The van der Waals surface area contributed by atoms with Crippen LogP contribution in [0.15, 0.2) is 48.5 Å². The number of benzene rings is 2. The topological polar surface area (TPSA) is 96.0 Å². The third-order valence-electron chi connectivity index (χ3n) is 6.52. The summed E-state index contributed by atoms with van der Waals surface area (Å²) in [5.41, 5.74) is 1.63. The van der Waals surface area contributed by atoms with Crippen LogP contribution in [-0.4, -0.2) is 59.2 Å². The summed E-state index contributed by atoms with van der Waals surface area (Å²) in [5.74, 6) is -0.405. The van der Waals surface area contributed by atoms with Crippen LogP contribution in [0, 0.1) is 0 Å². The van der Waals surface area contributed by atoms with Gasteiger partial charge in [0.05, 0.1) is 18.2 Å². The van der Waals surface area contributed by atoms with Gasteiger partial charge in [-0.05, 0) is 56.0 Å². The van der Waals surface area contributed by atoms with Gasteiger partial charge in [-0.25, -0.2) is 0 Å². The number of fused-ring (bicyclic) bond motifs is 1. The molecule has 1 aliphatic heterocycles. The quantitative estimate of drug-likeness (QED) is 0.454. The Hall–Kier alpha value is -3.68. The molecule has 0 saturated heterocycles. The highest BCUT2D eigenvalue weighted by molar-refractivity contribution is 6.21. The van der Waals surface area contributed by atoms with E-state index in [2.05, 4.69) is 5.32 Å². The summed E-state index contributed by atoms with van der Waals surface area (Å²) >= 11 is 0. The maximum Gasteiger partial charge on any atom is 0.261 e. The molecule has 1 N–H and O–H groups in total. The van der Waals surface area contributed by atoms with Crippen LogP contribution < -0.4 is 10.1 Å². The number of carbonyl (C=O) groups excluding carboxylic acids is 4. The number of nitrogens with one attached hydrogen (secondary N) is 1. The van der Waals surface area contributed by atoms with Crippen LogP contribution in [0.5, 0.6) is 5.75 Å². The molecule has 8 heteroatoms. The van der Waals surface area contributed by atoms with Crippen molar-refractivity contribution in [2.75, 3.05) is 13.7 Å². The highest BCUT2D eigenvalue weighted by Crippen LogP contribution is 2.23. The molecule has 3 rings (SSSR count). The average molecular weight is 494 g/mol. The zero-order valence-electron chi connectivity index (χ0n) is 21.5. The van der Waals surface area contributed by atoms with Crippen LogP contribution in [0.25, 0.3) is 0 Å². The molecule has 0 unspecified atom stereocenters. The van der Waals surface area contributed by atoms with Gasteiger partial charge in [0.25, 0.3) is 11.8 Å². The van der Waals surface area contributed by atoms with Crippen molar-refractivity contribution in [1.29, 1.82) is 0 Å². The van der Waals surface area contributed by atoms with Crippen molar-refractivity contribution in [2.24, 2.45) is 0 Å². The summed E-state index contributed by atoms with van der Waals surface area (Å²) in [7, 11) is 1.58. The smallest absolute Gasteiger partial charge is 0.261 e. The second-order valence-corrected chi connectivity index (χ2v) is 9.03. The lowest BCUT2D eigenvalue weighted by molar-refractivity contribution is -0.141. The van der Waals surface area contributed by atoms with E-state index in [0.29, 0.717) is 29.7 Å². The minimum atomic E-state index is -0.642. The molecule has 0 saturated carbocycles. The van der Waals surface area contributed by atoms with E-state index in [4.69, 9.17) is 4.74 Å². The summed E-state index contributed by atoms with van der Waals surface area (Å²) in [5, 5.41) is 2.99. The maximum atomic E-state index is 13.4. The first kappa shape index (κ1) is 26.9. The van der Waals surface area contributed by atoms with E-state index in [-0.39, 0.29) is 49.2 Å². The Morgan fingerprint density at radius 2 is 1.67 bits per heavy atom. The Kier molecular flexibility index (Phi) is 9.22. The lowest BCUT2D eigenvalue weighted by Crippen LogP contribution is -2.50. The van der Waals surface area contributed by atoms with E-state index in [1.165, 1.54) is 4.90 Å². The largest absolute Gasteiger partial charge is 0.497 e.